The van der Waals surface area contributed by atoms with Crippen LogP contribution in [-0.4, -0.2) is 15.0 Å². The molecule has 5 nitrogen and oxygen atoms in total. The Hall–Kier alpha value is -2.17. The maximum Gasteiger partial charge on any atom is 0.296 e. The number of nitrogens with zero attached hydrogens (tertiary/aromatic N) is 3. The van der Waals surface area contributed by atoms with Crippen molar-refractivity contribution in [3.05, 3.63) is 46.2 Å². The average molecular weight is 203 g/mol. The largest absolute Gasteiger partial charge is 0.410 e. The van der Waals surface area contributed by atoms with E-state index < -0.39 is 5.56 Å². The van der Waals surface area contributed by atoms with Crippen LogP contribution in [0.25, 0.3) is 10.8 Å². The lowest BCUT2D eigenvalue weighted by molar-refractivity contribution is 0.301. The Morgan fingerprint density at radius 2 is 2.13 bits per heavy atom. The van der Waals surface area contributed by atoms with Crippen LogP contribution >= 0.6 is 0 Å². The standard InChI is InChI=1S/C10H9N3O2/c1-13-10(14)9(12-15)8-5-3-2-4-7(8)6-11-13/h2-6,15H,1H3/b12-9-. The third-order valence-corrected chi connectivity index (χ3v) is 2.18. The van der Waals surface area contributed by atoms with E-state index in [-0.39, 0.29) is 5.36 Å². The Labute approximate surface area is 84.9 Å². The van der Waals surface area contributed by atoms with Crippen molar-refractivity contribution in [1.82, 2.24) is 9.78 Å². The summed E-state index contributed by atoms with van der Waals surface area (Å²) >= 11 is 0. The normalized spacial score (nSPS) is 11.9. The van der Waals surface area contributed by atoms with Gasteiger partial charge in [-0.3, -0.25) is 4.79 Å². The first-order chi connectivity index (χ1) is 7.24. The van der Waals surface area contributed by atoms with Gasteiger partial charge >= 0.3 is 0 Å². The van der Waals surface area contributed by atoms with Gasteiger partial charge in [0, 0.05) is 17.8 Å². The van der Waals surface area contributed by atoms with E-state index in [9.17, 15) is 4.79 Å². The summed E-state index contributed by atoms with van der Waals surface area (Å²) in [7, 11) is 1.51. The fourth-order valence-electron chi connectivity index (χ4n) is 1.39. The molecular weight excluding hydrogens is 194 g/mol. The molecule has 0 bridgehead atoms. The molecule has 2 aromatic rings. The molecule has 5 heteroatoms. The molecule has 76 valence electrons. The number of fused-ring (bicyclic) bond motifs is 1. The molecule has 1 aromatic heterocycles. The highest BCUT2D eigenvalue weighted by Gasteiger charge is 2.00. The van der Waals surface area contributed by atoms with Gasteiger partial charge in [0.05, 0.1) is 6.20 Å². The summed E-state index contributed by atoms with van der Waals surface area (Å²) in [5.41, 5.74) is -0.432. The van der Waals surface area contributed by atoms with Gasteiger partial charge in [-0.2, -0.15) is 5.10 Å². The fourth-order valence-corrected chi connectivity index (χ4v) is 1.39. The summed E-state index contributed by atoms with van der Waals surface area (Å²) in [5.74, 6) is 0. The maximum absolute atomic E-state index is 11.7. The van der Waals surface area contributed by atoms with Crippen LogP contribution in [0.5, 0.6) is 0 Å². The molecule has 2 rings (SSSR count). The predicted molar refractivity (Wildman–Crippen MR) is 54.3 cm³/mol. The summed E-state index contributed by atoms with van der Waals surface area (Å²) in [5, 5.41) is 17.1. The van der Waals surface area contributed by atoms with Crippen molar-refractivity contribution < 1.29 is 5.21 Å². The van der Waals surface area contributed by atoms with Gasteiger partial charge in [-0.15, -0.1) is 0 Å². The Bertz CT molecular complexity index is 631. The van der Waals surface area contributed by atoms with Crippen LogP contribution in [-0.2, 0) is 7.05 Å². The van der Waals surface area contributed by atoms with E-state index in [1.807, 2.05) is 6.07 Å². The van der Waals surface area contributed by atoms with Gasteiger partial charge < -0.3 is 5.21 Å². The van der Waals surface area contributed by atoms with Gasteiger partial charge in [-0.05, 0) is 0 Å². The lowest BCUT2D eigenvalue weighted by Crippen LogP contribution is -2.31. The second-order valence-electron chi connectivity index (χ2n) is 3.11. The molecule has 0 fully saturated rings. The predicted octanol–water partition coefficient (Wildman–Crippen LogP) is 0.223. The van der Waals surface area contributed by atoms with Crippen LogP contribution in [0.2, 0.25) is 0 Å². The number of hydrogen-bond acceptors (Lipinski definition) is 4. The molecule has 1 aromatic carbocycles. The Kier molecular flexibility index (Phi) is 2.21. The van der Waals surface area contributed by atoms with Crippen molar-refractivity contribution >= 4 is 10.8 Å². The zero-order valence-corrected chi connectivity index (χ0v) is 8.08. The van der Waals surface area contributed by atoms with E-state index in [0.717, 1.165) is 10.1 Å². The Balaban J connectivity index is 3.19. The van der Waals surface area contributed by atoms with Crippen molar-refractivity contribution in [1.29, 1.82) is 0 Å². The van der Waals surface area contributed by atoms with Crippen molar-refractivity contribution in [2.45, 2.75) is 0 Å². The van der Waals surface area contributed by atoms with Crippen molar-refractivity contribution in [3.63, 3.8) is 0 Å². The molecule has 0 amide bonds. The van der Waals surface area contributed by atoms with Crippen LogP contribution in [0.15, 0.2) is 40.4 Å². The highest BCUT2D eigenvalue weighted by molar-refractivity contribution is 5.80. The molecule has 0 aliphatic rings. The Morgan fingerprint density at radius 3 is 2.87 bits per heavy atom. The van der Waals surface area contributed by atoms with Gasteiger partial charge in [0.2, 0.25) is 0 Å². The molecule has 0 radical (unpaired) electrons. The monoisotopic (exact) mass is 203 g/mol. The van der Waals surface area contributed by atoms with Crippen molar-refractivity contribution in [3.8, 4) is 0 Å². The molecule has 0 unspecified atom stereocenters. The lowest BCUT2D eigenvalue weighted by Gasteiger charge is -1.87. The van der Waals surface area contributed by atoms with Crippen LogP contribution in [0.4, 0.5) is 0 Å². The van der Waals surface area contributed by atoms with Gasteiger partial charge in [-0.25, -0.2) is 4.68 Å². The quantitative estimate of drug-likeness (QED) is 0.492. The molecule has 15 heavy (non-hydrogen) atoms. The molecule has 1 N–H and O–H groups in total. The average Bonchev–Trinajstić information content (AvgIpc) is 2.38. The fraction of sp³-hybridized carbons (Fsp3) is 0.100. The van der Waals surface area contributed by atoms with E-state index in [1.165, 1.54) is 7.05 Å². The molecule has 0 aliphatic heterocycles. The first kappa shape index (κ1) is 9.39. The van der Waals surface area contributed by atoms with E-state index in [1.54, 1.807) is 24.4 Å². The van der Waals surface area contributed by atoms with E-state index >= 15 is 0 Å². The van der Waals surface area contributed by atoms with Crippen LogP contribution in [0, 0.1) is 0 Å². The molecular formula is C10H9N3O2. The highest BCUT2D eigenvalue weighted by atomic mass is 16.4. The van der Waals surface area contributed by atoms with E-state index in [2.05, 4.69) is 10.3 Å². The van der Waals surface area contributed by atoms with Gasteiger partial charge in [0.15, 0.2) is 5.36 Å². The van der Waals surface area contributed by atoms with Gasteiger partial charge in [0.1, 0.15) is 0 Å². The van der Waals surface area contributed by atoms with Gasteiger partial charge in [0.25, 0.3) is 5.56 Å². The number of hydrogen-bond donors (Lipinski definition) is 1. The summed E-state index contributed by atoms with van der Waals surface area (Å²) in [6, 6.07) is 7.12. The smallest absolute Gasteiger partial charge is 0.296 e. The van der Waals surface area contributed by atoms with Crippen molar-refractivity contribution in [2.75, 3.05) is 0 Å². The zero-order chi connectivity index (χ0) is 10.8. The zero-order valence-electron chi connectivity index (χ0n) is 8.08. The summed E-state index contributed by atoms with van der Waals surface area (Å²) in [6.45, 7) is 0. The summed E-state index contributed by atoms with van der Waals surface area (Å²) in [6.07, 6.45) is 1.56. The molecule has 1 heterocycles. The minimum atomic E-state index is -0.432. The molecule has 0 saturated carbocycles. The van der Waals surface area contributed by atoms with Crippen LogP contribution < -0.4 is 10.9 Å². The second kappa shape index (κ2) is 3.53. The molecule has 0 spiro atoms. The third-order valence-electron chi connectivity index (χ3n) is 2.18. The molecule has 0 aliphatic carbocycles. The summed E-state index contributed by atoms with van der Waals surface area (Å²) < 4.78 is 1.13. The SMILES string of the molecule is Cn1ncc2ccccc2/c(=N/O)c1=O. The number of rotatable bonds is 0. The topological polar surface area (TPSA) is 67.5 Å². The maximum atomic E-state index is 11.7. The summed E-state index contributed by atoms with van der Waals surface area (Å²) in [4.78, 5) is 11.7. The minimum absolute atomic E-state index is 0.00519. The third kappa shape index (κ3) is 1.48. The van der Waals surface area contributed by atoms with E-state index in [0.29, 0.717) is 5.39 Å². The Morgan fingerprint density at radius 1 is 1.40 bits per heavy atom. The highest BCUT2D eigenvalue weighted by Crippen LogP contribution is 2.04. The first-order valence-corrected chi connectivity index (χ1v) is 4.37. The van der Waals surface area contributed by atoms with Crippen LogP contribution in [0.3, 0.4) is 0 Å². The number of aromatic nitrogens is 2. The second-order valence-corrected chi connectivity index (χ2v) is 3.11. The first-order valence-electron chi connectivity index (χ1n) is 4.37. The van der Waals surface area contributed by atoms with Crippen LogP contribution in [0.1, 0.15) is 0 Å². The van der Waals surface area contributed by atoms with E-state index in [4.69, 9.17) is 5.21 Å². The number of benzene rings is 1. The minimum Gasteiger partial charge on any atom is -0.410 e. The lowest BCUT2D eigenvalue weighted by atomic mass is 10.2. The molecule has 0 atom stereocenters. The molecule has 0 saturated heterocycles. The van der Waals surface area contributed by atoms with Gasteiger partial charge in [-0.1, -0.05) is 29.4 Å². The van der Waals surface area contributed by atoms with Crippen molar-refractivity contribution in [2.24, 2.45) is 12.2 Å². The number of aryl methyl sites for hydroxylation is 1.